The highest BCUT2D eigenvalue weighted by atomic mass is 127. The topological polar surface area (TPSA) is 37.3 Å². The van der Waals surface area contributed by atoms with Gasteiger partial charge < -0.3 is 5.11 Å². The summed E-state index contributed by atoms with van der Waals surface area (Å²) in [6.07, 6.45) is 1.41. The molecule has 0 aliphatic rings. The molecule has 1 N–H and O–H groups in total. The van der Waals surface area contributed by atoms with Crippen LogP contribution >= 0.6 is 22.6 Å². The van der Waals surface area contributed by atoms with Crippen LogP contribution in [0.25, 0.3) is 0 Å². The van der Waals surface area contributed by atoms with Gasteiger partial charge in [-0.3, -0.25) is 4.79 Å². The van der Waals surface area contributed by atoms with Gasteiger partial charge in [-0.05, 0) is 58.7 Å². The van der Waals surface area contributed by atoms with Crippen molar-refractivity contribution in [3.8, 4) is 0 Å². The Morgan fingerprint density at radius 3 is 2.26 bits per heavy atom. The second kappa shape index (κ2) is 6.70. The number of aryl methyl sites for hydroxylation is 1. The number of carboxylic acids is 1. The fourth-order valence-corrected chi connectivity index (χ4v) is 2.44. The van der Waals surface area contributed by atoms with Gasteiger partial charge in [0.25, 0.3) is 0 Å². The molecule has 0 radical (unpaired) electrons. The lowest BCUT2D eigenvalue weighted by molar-refractivity contribution is -0.138. The summed E-state index contributed by atoms with van der Waals surface area (Å²) in [6.45, 7) is 0. The van der Waals surface area contributed by atoms with E-state index < -0.39 is 11.9 Å². The summed E-state index contributed by atoms with van der Waals surface area (Å²) in [7, 11) is 0. The van der Waals surface area contributed by atoms with E-state index in [1.54, 1.807) is 0 Å². The van der Waals surface area contributed by atoms with E-state index in [9.17, 15) is 9.90 Å². The fourth-order valence-electron chi connectivity index (χ4n) is 2.08. The molecule has 19 heavy (non-hydrogen) atoms. The minimum absolute atomic E-state index is 0.430. The first-order valence-corrected chi connectivity index (χ1v) is 7.27. The van der Waals surface area contributed by atoms with Crippen molar-refractivity contribution in [1.82, 2.24) is 0 Å². The number of rotatable bonds is 5. The third-order valence-corrected chi connectivity index (χ3v) is 3.85. The van der Waals surface area contributed by atoms with Gasteiger partial charge in [0.15, 0.2) is 0 Å². The van der Waals surface area contributed by atoms with Crippen LogP contribution in [0.15, 0.2) is 54.6 Å². The SMILES string of the molecule is O=C(O)C(CCc1ccc(I)cc1)c1ccccc1. The van der Waals surface area contributed by atoms with Gasteiger partial charge in [0.1, 0.15) is 0 Å². The van der Waals surface area contributed by atoms with Gasteiger partial charge in [-0.15, -0.1) is 0 Å². The minimum Gasteiger partial charge on any atom is -0.481 e. The van der Waals surface area contributed by atoms with Crippen molar-refractivity contribution in [2.45, 2.75) is 18.8 Å². The summed E-state index contributed by atoms with van der Waals surface area (Å²) in [6, 6.07) is 17.7. The molecule has 0 amide bonds. The molecule has 0 saturated carbocycles. The summed E-state index contributed by atoms with van der Waals surface area (Å²) in [4.78, 5) is 11.4. The van der Waals surface area contributed by atoms with Crippen LogP contribution in [0, 0.1) is 3.57 Å². The molecule has 0 bridgehead atoms. The normalized spacial score (nSPS) is 12.1. The van der Waals surface area contributed by atoms with Crippen LogP contribution in [0.5, 0.6) is 0 Å². The molecule has 0 fully saturated rings. The maximum atomic E-state index is 11.4. The molecular weight excluding hydrogens is 351 g/mol. The third kappa shape index (κ3) is 4.06. The Kier molecular flexibility index (Phi) is 4.96. The first-order valence-electron chi connectivity index (χ1n) is 6.19. The molecule has 0 heterocycles. The second-order valence-electron chi connectivity index (χ2n) is 4.47. The third-order valence-electron chi connectivity index (χ3n) is 3.13. The Hall–Kier alpha value is -1.36. The quantitative estimate of drug-likeness (QED) is 0.810. The Morgan fingerprint density at radius 1 is 1.05 bits per heavy atom. The lowest BCUT2D eigenvalue weighted by Crippen LogP contribution is -2.12. The van der Waals surface area contributed by atoms with Crippen molar-refractivity contribution in [2.24, 2.45) is 0 Å². The molecule has 0 aromatic heterocycles. The molecule has 98 valence electrons. The zero-order chi connectivity index (χ0) is 13.7. The number of benzene rings is 2. The summed E-state index contributed by atoms with van der Waals surface area (Å²) in [5.74, 6) is -1.18. The van der Waals surface area contributed by atoms with Crippen LogP contribution in [0.2, 0.25) is 0 Å². The Labute approximate surface area is 126 Å². The Morgan fingerprint density at radius 2 is 1.68 bits per heavy atom. The lowest BCUT2D eigenvalue weighted by atomic mass is 9.92. The monoisotopic (exact) mass is 366 g/mol. The first kappa shape index (κ1) is 14.1. The van der Waals surface area contributed by atoms with Gasteiger partial charge >= 0.3 is 5.97 Å². The highest BCUT2D eigenvalue weighted by molar-refractivity contribution is 14.1. The van der Waals surface area contributed by atoms with Gasteiger partial charge in [0, 0.05) is 3.57 Å². The largest absolute Gasteiger partial charge is 0.481 e. The fraction of sp³-hybridized carbons (Fsp3) is 0.188. The molecule has 3 heteroatoms. The molecule has 2 aromatic carbocycles. The van der Waals surface area contributed by atoms with E-state index >= 15 is 0 Å². The number of hydrogen-bond acceptors (Lipinski definition) is 1. The summed E-state index contributed by atoms with van der Waals surface area (Å²) < 4.78 is 1.19. The van der Waals surface area contributed by atoms with Crippen LogP contribution in [0.4, 0.5) is 0 Å². The van der Waals surface area contributed by atoms with Gasteiger partial charge in [-0.25, -0.2) is 0 Å². The van der Waals surface area contributed by atoms with Gasteiger partial charge in [0.05, 0.1) is 5.92 Å². The molecular formula is C16H15IO2. The average molecular weight is 366 g/mol. The summed E-state index contributed by atoms with van der Waals surface area (Å²) in [5, 5.41) is 9.35. The van der Waals surface area contributed by atoms with Crippen LogP contribution in [0.3, 0.4) is 0 Å². The van der Waals surface area contributed by atoms with Crippen LogP contribution in [-0.4, -0.2) is 11.1 Å². The number of halogens is 1. The Bertz CT molecular complexity index is 534. The van der Waals surface area contributed by atoms with E-state index in [2.05, 4.69) is 34.7 Å². The van der Waals surface area contributed by atoms with E-state index in [1.807, 2.05) is 42.5 Å². The zero-order valence-electron chi connectivity index (χ0n) is 10.4. The average Bonchev–Trinajstić information content (AvgIpc) is 2.42. The standard InChI is InChI=1S/C16H15IO2/c17-14-9-6-12(7-10-14)8-11-15(16(18)19)13-4-2-1-3-5-13/h1-7,9-10,15H,8,11H2,(H,18,19). The van der Waals surface area contributed by atoms with Crippen molar-refractivity contribution >= 4 is 28.6 Å². The van der Waals surface area contributed by atoms with Crippen molar-refractivity contribution in [3.63, 3.8) is 0 Å². The highest BCUT2D eigenvalue weighted by Gasteiger charge is 2.19. The predicted octanol–water partition coefficient (Wildman–Crippen LogP) is 4.09. The number of aliphatic carboxylic acids is 1. The maximum absolute atomic E-state index is 11.4. The molecule has 2 nitrogen and oxygen atoms in total. The van der Waals surface area contributed by atoms with E-state index in [0.29, 0.717) is 6.42 Å². The van der Waals surface area contributed by atoms with Crippen molar-refractivity contribution in [2.75, 3.05) is 0 Å². The molecule has 0 spiro atoms. The molecule has 0 aliphatic carbocycles. The van der Waals surface area contributed by atoms with Gasteiger partial charge in [0.2, 0.25) is 0 Å². The summed E-state index contributed by atoms with van der Waals surface area (Å²) in [5.41, 5.74) is 2.06. The zero-order valence-corrected chi connectivity index (χ0v) is 12.6. The first-order chi connectivity index (χ1) is 9.16. The van der Waals surface area contributed by atoms with E-state index in [1.165, 1.54) is 9.13 Å². The minimum atomic E-state index is -0.753. The Balaban J connectivity index is 2.06. The maximum Gasteiger partial charge on any atom is 0.310 e. The molecule has 0 aliphatic heterocycles. The molecule has 0 saturated heterocycles. The van der Waals surface area contributed by atoms with Crippen LogP contribution in [-0.2, 0) is 11.2 Å². The highest BCUT2D eigenvalue weighted by Crippen LogP contribution is 2.22. The van der Waals surface area contributed by atoms with Crippen LogP contribution in [0.1, 0.15) is 23.5 Å². The number of carboxylic acid groups (broad SMARTS) is 1. The summed E-state index contributed by atoms with van der Waals surface area (Å²) >= 11 is 2.26. The predicted molar refractivity (Wildman–Crippen MR) is 84.3 cm³/mol. The number of hydrogen-bond donors (Lipinski definition) is 1. The van der Waals surface area contributed by atoms with Gasteiger partial charge in [-0.2, -0.15) is 0 Å². The van der Waals surface area contributed by atoms with E-state index in [0.717, 1.165) is 12.0 Å². The molecule has 1 unspecified atom stereocenters. The van der Waals surface area contributed by atoms with E-state index in [4.69, 9.17) is 0 Å². The van der Waals surface area contributed by atoms with Crippen molar-refractivity contribution in [3.05, 3.63) is 69.3 Å². The van der Waals surface area contributed by atoms with Crippen molar-refractivity contribution < 1.29 is 9.90 Å². The second-order valence-corrected chi connectivity index (χ2v) is 5.71. The molecule has 1 atom stereocenters. The van der Waals surface area contributed by atoms with Gasteiger partial charge in [-0.1, -0.05) is 42.5 Å². The van der Waals surface area contributed by atoms with Crippen molar-refractivity contribution in [1.29, 1.82) is 0 Å². The van der Waals surface area contributed by atoms with E-state index in [-0.39, 0.29) is 0 Å². The smallest absolute Gasteiger partial charge is 0.310 e. The molecule has 2 rings (SSSR count). The number of carbonyl (C=O) groups is 1. The van der Waals surface area contributed by atoms with Crippen LogP contribution < -0.4 is 0 Å². The lowest BCUT2D eigenvalue weighted by Gasteiger charge is -2.12. The molecule has 2 aromatic rings.